The highest BCUT2D eigenvalue weighted by molar-refractivity contribution is 9.11. The predicted molar refractivity (Wildman–Crippen MR) is 87.7 cm³/mol. The Morgan fingerprint density at radius 3 is 2.63 bits per heavy atom. The molecule has 0 atom stereocenters. The minimum atomic E-state index is 0.625. The second-order valence-corrected chi connectivity index (χ2v) is 6.41. The molecule has 0 saturated heterocycles. The van der Waals surface area contributed by atoms with Gasteiger partial charge in [-0.1, -0.05) is 0 Å². The lowest BCUT2D eigenvalue weighted by molar-refractivity contribution is 0.415. The first-order chi connectivity index (χ1) is 9.10. The van der Waals surface area contributed by atoms with E-state index in [0.29, 0.717) is 6.54 Å². The molecule has 0 aliphatic heterocycles. The quantitative estimate of drug-likeness (QED) is 0.712. The largest absolute Gasteiger partial charge is 0.497 e. The van der Waals surface area contributed by atoms with Crippen molar-refractivity contribution in [1.29, 1.82) is 0 Å². The van der Waals surface area contributed by atoms with E-state index >= 15 is 0 Å². The monoisotopic (exact) mass is 448 g/mol. The summed E-state index contributed by atoms with van der Waals surface area (Å²) in [5.41, 5.74) is 1.91. The maximum Gasteiger partial charge on any atom is 0.121 e. The van der Waals surface area contributed by atoms with Crippen LogP contribution in [0.2, 0.25) is 0 Å². The third kappa shape index (κ3) is 3.94. The van der Waals surface area contributed by atoms with E-state index in [2.05, 4.69) is 58.1 Å². The molecule has 0 saturated carbocycles. The number of benzene rings is 1. The first-order valence-electron chi connectivity index (χ1n) is 5.47. The number of anilines is 1. The maximum absolute atomic E-state index is 5.21. The summed E-state index contributed by atoms with van der Waals surface area (Å²) in [7, 11) is 1.65. The maximum atomic E-state index is 5.21. The summed E-state index contributed by atoms with van der Waals surface area (Å²) >= 11 is 10.4. The first-order valence-corrected chi connectivity index (χ1v) is 7.85. The van der Waals surface area contributed by atoms with Gasteiger partial charge < -0.3 is 10.1 Å². The molecule has 1 N–H and O–H groups in total. The summed E-state index contributed by atoms with van der Waals surface area (Å²) < 4.78 is 8.11. The number of nitrogens with one attached hydrogen (secondary N) is 1. The zero-order valence-corrected chi connectivity index (χ0v) is 14.8. The average Bonchev–Trinajstić information content (AvgIpc) is 2.39. The van der Waals surface area contributed by atoms with Gasteiger partial charge in [0.05, 0.1) is 25.0 Å². The van der Waals surface area contributed by atoms with Crippen molar-refractivity contribution in [3.05, 3.63) is 49.6 Å². The zero-order chi connectivity index (χ0) is 13.8. The van der Waals surface area contributed by atoms with Crippen molar-refractivity contribution in [1.82, 2.24) is 4.98 Å². The summed E-state index contributed by atoms with van der Waals surface area (Å²) in [5, 5.41) is 3.33. The normalized spacial score (nSPS) is 10.3. The standard InChI is InChI=1S/C13H11Br3N2O/c1-19-9-2-3-10(15)12(5-9)18-7-13-11(16)4-8(14)6-17-13/h2-6,18H,7H2,1H3. The fourth-order valence-corrected chi connectivity index (χ4v) is 3.03. The topological polar surface area (TPSA) is 34.1 Å². The summed E-state index contributed by atoms with van der Waals surface area (Å²) in [4.78, 5) is 4.36. The third-order valence-corrected chi connectivity index (χ3v) is 4.32. The Morgan fingerprint density at radius 2 is 1.95 bits per heavy atom. The van der Waals surface area contributed by atoms with Gasteiger partial charge in [0, 0.05) is 25.7 Å². The van der Waals surface area contributed by atoms with E-state index < -0.39 is 0 Å². The molecule has 2 aromatic rings. The highest BCUT2D eigenvalue weighted by Gasteiger charge is 2.05. The summed E-state index contributed by atoms with van der Waals surface area (Å²) in [6.45, 7) is 0.625. The number of hydrogen-bond donors (Lipinski definition) is 1. The molecular weight excluding hydrogens is 440 g/mol. The van der Waals surface area contributed by atoms with Crippen LogP contribution in [0.5, 0.6) is 5.75 Å². The van der Waals surface area contributed by atoms with Crippen molar-refractivity contribution in [2.75, 3.05) is 12.4 Å². The second-order valence-electron chi connectivity index (χ2n) is 3.78. The van der Waals surface area contributed by atoms with Gasteiger partial charge in [0.15, 0.2) is 0 Å². The fraction of sp³-hybridized carbons (Fsp3) is 0.154. The van der Waals surface area contributed by atoms with Gasteiger partial charge in [-0.2, -0.15) is 0 Å². The van der Waals surface area contributed by atoms with Crippen molar-refractivity contribution < 1.29 is 4.74 Å². The lowest BCUT2D eigenvalue weighted by atomic mass is 10.3. The average molecular weight is 451 g/mol. The van der Waals surface area contributed by atoms with Gasteiger partial charge in [0.1, 0.15) is 5.75 Å². The van der Waals surface area contributed by atoms with Crippen molar-refractivity contribution >= 4 is 53.5 Å². The Bertz CT molecular complexity index is 590. The molecule has 0 bridgehead atoms. The van der Waals surface area contributed by atoms with Crippen LogP contribution in [0.4, 0.5) is 5.69 Å². The Morgan fingerprint density at radius 1 is 1.16 bits per heavy atom. The molecule has 0 radical (unpaired) electrons. The lowest BCUT2D eigenvalue weighted by Gasteiger charge is -2.11. The number of pyridine rings is 1. The van der Waals surface area contributed by atoms with Gasteiger partial charge in [-0.15, -0.1) is 0 Å². The van der Waals surface area contributed by atoms with E-state index in [1.165, 1.54) is 0 Å². The van der Waals surface area contributed by atoms with Crippen molar-refractivity contribution in [2.45, 2.75) is 6.54 Å². The molecule has 6 heteroatoms. The van der Waals surface area contributed by atoms with Crippen molar-refractivity contribution in [3.63, 3.8) is 0 Å². The van der Waals surface area contributed by atoms with Crippen LogP contribution in [-0.2, 0) is 6.54 Å². The van der Waals surface area contributed by atoms with Crippen LogP contribution in [-0.4, -0.2) is 12.1 Å². The van der Waals surface area contributed by atoms with Crippen LogP contribution < -0.4 is 10.1 Å². The Kier molecular flexibility index (Phi) is 5.24. The zero-order valence-electron chi connectivity index (χ0n) is 10.1. The van der Waals surface area contributed by atoms with Crippen molar-refractivity contribution in [3.8, 4) is 5.75 Å². The molecule has 0 amide bonds. The molecule has 3 nitrogen and oxygen atoms in total. The molecular formula is C13H11Br3N2O. The minimum Gasteiger partial charge on any atom is -0.497 e. The highest BCUT2D eigenvalue weighted by Crippen LogP contribution is 2.28. The van der Waals surface area contributed by atoms with Gasteiger partial charge in [-0.05, 0) is 66.0 Å². The van der Waals surface area contributed by atoms with Gasteiger partial charge in [0.25, 0.3) is 0 Å². The molecule has 2 rings (SSSR count). The molecule has 1 heterocycles. The Hall–Kier alpha value is -0.590. The fourth-order valence-electron chi connectivity index (χ4n) is 1.52. The van der Waals surface area contributed by atoms with E-state index in [-0.39, 0.29) is 0 Å². The van der Waals surface area contributed by atoms with E-state index in [1.807, 2.05) is 24.3 Å². The van der Waals surface area contributed by atoms with E-state index in [0.717, 1.165) is 30.5 Å². The summed E-state index contributed by atoms with van der Waals surface area (Å²) in [6, 6.07) is 7.77. The number of rotatable bonds is 4. The minimum absolute atomic E-state index is 0.625. The number of aromatic nitrogens is 1. The van der Waals surface area contributed by atoms with Gasteiger partial charge in [0.2, 0.25) is 0 Å². The summed E-state index contributed by atoms with van der Waals surface area (Å²) in [5.74, 6) is 0.813. The predicted octanol–water partition coefficient (Wildman–Crippen LogP) is 4.99. The van der Waals surface area contributed by atoms with Crippen LogP contribution in [0, 0.1) is 0 Å². The van der Waals surface area contributed by atoms with Gasteiger partial charge in [-0.25, -0.2) is 0 Å². The molecule has 0 unspecified atom stereocenters. The third-order valence-electron chi connectivity index (χ3n) is 2.50. The van der Waals surface area contributed by atoms with Crippen LogP contribution >= 0.6 is 47.8 Å². The van der Waals surface area contributed by atoms with Gasteiger partial charge >= 0.3 is 0 Å². The number of ether oxygens (including phenoxy) is 1. The molecule has 0 fully saturated rings. The van der Waals surface area contributed by atoms with Crippen LogP contribution in [0.15, 0.2) is 43.9 Å². The molecule has 0 aliphatic rings. The molecule has 19 heavy (non-hydrogen) atoms. The molecule has 0 spiro atoms. The Balaban J connectivity index is 2.14. The van der Waals surface area contributed by atoms with Crippen LogP contribution in [0.3, 0.4) is 0 Å². The number of nitrogens with zero attached hydrogens (tertiary/aromatic N) is 1. The molecule has 1 aromatic carbocycles. The van der Waals surface area contributed by atoms with Crippen molar-refractivity contribution in [2.24, 2.45) is 0 Å². The molecule has 100 valence electrons. The lowest BCUT2D eigenvalue weighted by Crippen LogP contribution is -2.03. The van der Waals surface area contributed by atoms with E-state index in [9.17, 15) is 0 Å². The smallest absolute Gasteiger partial charge is 0.121 e. The van der Waals surface area contributed by atoms with E-state index in [4.69, 9.17) is 4.74 Å². The first kappa shape index (κ1) is 14.8. The summed E-state index contributed by atoms with van der Waals surface area (Å²) in [6.07, 6.45) is 1.78. The SMILES string of the molecule is COc1ccc(Br)c(NCc2ncc(Br)cc2Br)c1. The van der Waals surface area contributed by atoms with Crippen LogP contribution in [0.25, 0.3) is 0 Å². The molecule has 1 aromatic heterocycles. The molecule has 0 aliphatic carbocycles. The van der Waals surface area contributed by atoms with Gasteiger partial charge in [-0.3, -0.25) is 4.98 Å². The van der Waals surface area contributed by atoms with Crippen LogP contribution in [0.1, 0.15) is 5.69 Å². The second kappa shape index (κ2) is 6.72. The highest BCUT2D eigenvalue weighted by atomic mass is 79.9. The van der Waals surface area contributed by atoms with E-state index in [1.54, 1.807) is 13.3 Å². The number of hydrogen-bond acceptors (Lipinski definition) is 3. The number of halogens is 3. The number of methoxy groups -OCH3 is 1. The Labute approximate surface area is 137 Å².